The van der Waals surface area contributed by atoms with E-state index in [9.17, 15) is 4.79 Å². The number of hydrogen-bond acceptors (Lipinski definition) is 1. The summed E-state index contributed by atoms with van der Waals surface area (Å²) < 4.78 is 0. The average molecular weight is 258 g/mol. The molecule has 1 unspecified atom stereocenters. The second-order valence-electron chi connectivity index (χ2n) is 2.47. The third kappa shape index (κ3) is 2.81. The molecular weight excluding hydrogens is 248 g/mol. The summed E-state index contributed by atoms with van der Waals surface area (Å²) in [6.07, 6.45) is 0. The van der Waals surface area contributed by atoms with Crippen molar-refractivity contribution in [3.8, 4) is 0 Å². The Hall–Kier alpha value is -0.570. The van der Waals surface area contributed by atoms with Gasteiger partial charge in [-0.15, -0.1) is 0 Å². The summed E-state index contributed by atoms with van der Waals surface area (Å²) in [7, 11) is 0. The molecule has 2 nitrogen and oxygen atoms in total. The van der Waals surface area contributed by atoms with Gasteiger partial charge in [0.15, 0.2) is 0 Å². The van der Waals surface area contributed by atoms with Gasteiger partial charge in [0.1, 0.15) is 0 Å². The number of rotatable bonds is 2. The van der Waals surface area contributed by atoms with E-state index in [4.69, 9.17) is 5.11 Å². The van der Waals surface area contributed by atoms with Crippen LogP contribution in [0, 0.1) is 0 Å². The Morgan fingerprint density at radius 3 is 2.25 bits per heavy atom. The van der Waals surface area contributed by atoms with Crippen LogP contribution in [0.1, 0.15) is 18.4 Å². The molecule has 0 aliphatic carbocycles. The van der Waals surface area contributed by atoms with Crippen LogP contribution in [0.4, 0.5) is 0 Å². The van der Waals surface area contributed by atoms with Crippen LogP contribution in [0.2, 0.25) is 0 Å². The average Bonchev–Trinajstić information content (AvgIpc) is 2.05. The van der Waals surface area contributed by atoms with Gasteiger partial charge in [0.25, 0.3) is 0 Å². The maximum Gasteiger partial charge on any atom is 1.00 e. The predicted octanol–water partition coefficient (Wildman–Crippen LogP) is 1.87. The molecule has 12 heavy (non-hydrogen) atoms. The molecule has 0 amide bonds. The molecule has 1 rings (SSSR count). The minimum absolute atomic E-state index is 0. The van der Waals surface area contributed by atoms with Crippen LogP contribution >= 0.6 is 0 Å². The molecule has 0 fully saturated rings. The van der Waals surface area contributed by atoms with Gasteiger partial charge in [-0.25, -0.2) is 0 Å². The van der Waals surface area contributed by atoms with Gasteiger partial charge in [0.05, 0.1) is 5.92 Å². The largest absolute Gasteiger partial charge is 1.00 e. The number of aliphatic carboxylic acids is 1. The molecule has 0 heterocycles. The fourth-order valence-corrected chi connectivity index (χ4v) is 0.884. The summed E-state index contributed by atoms with van der Waals surface area (Å²) in [6, 6.07) is 9.19. The van der Waals surface area contributed by atoms with Crippen molar-refractivity contribution < 1.29 is 32.3 Å². The van der Waals surface area contributed by atoms with Gasteiger partial charge in [-0.1, -0.05) is 30.3 Å². The molecule has 0 bridgehead atoms. The quantitative estimate of drug-likeness (QED) is 0.822. The van der Waals surface area contributed by atoms with Crippen LogP contribution in [0.5, 0.6) is 0 Å². The maximum absolute atomic E-state index is 10.5. The summed E-state index contributed by atoms with van der Waals surface area (Å²) in [5, 5.41) is 8.64. The zero-order chi connectivity index (χ0) is 8.27. The summed E-state index contributed by atoms with van der Waals surface area (Å²) in [4.78, 5) is 10.5. The molecule has 0 aliphatic heterocycles. The first-order valence-electron chi connectivity index (χ1n) is 3.49. The van der Waals surface area contributed by atoms with Gasteiger partial charge in [0.2, 0.25) is 0 Å². The molecule has 0 aliphatic rings. The van der Waals surface area contributed by atoms with Crippen LogP contribution in [0.3, 0.4) is 0 Å². The zero-order valence-electron chi connectivity index (χ0n) is 6.62. The van der Waals surface area contributed by atoms with Gasteiger partial charge >= 0.3 is 28.3 Å². The predicted molar refractivity (Wildman–Crippen MR) is 42.5 cm³/mol. The summed E-state index contributed by atoms with van der Waals surface area (Å²) in [5.41, 5.74) is 0.847. The Labute approximate surface area is 87.1 Å². The molecule has 1 atom stereocenters. The third-order valence-electron chi connectivity index (χ3n) is 1.67. The Kier molecular flexibility index (Phi) is 4.90. The van der Waals surface area contributed by atoms with E-state index < -0.39 is 11.9 Å². The first-order chi connectivity index (χ1) is 5.22. The van der Waals surface area contributed by atoms with Crippen LogP contribution in [-0.2, 0) is 27.2 Å². The summed E-state index contributed by atoms with van der Waals surface area (Å²) in [6.45, 7) is 1.68. The molecule has 0 aromatic heterocycles. The molecule has 0 radical (unpaired) electrons. The van der Waals surface area contributed by atoms with E-state index in [1.54, 1.807) is 6.92 Å². The van der Waals surface area contributed by atoms with Crippen molar-refractivity contribution in [3.63, 3.8) is 0 Å². The summed E-state index contributed by atoms with van der Waals surface area (Å²) in [5.74, 6) is -1.19. The minimum atomic E-state index is -0.781. The van der Waals surface area contributed by atoms with Crippen molar-refractivity contribution in [1.82, 2.24) is 0 Å². The van der Waals surface area contributed by atoms with E-state index in [0.717, 1.165) is 5.56 Å². The Morgan fingerprint density at radius 2 is 1.83 bits per heavy atom. The number of benzene rings is 1. The molecule has 68 valence electrons. The SMILES string of the molecule is CC(C(=O)O)c1ccccc1.[Ag+]. The number of carbonyl (C=O) groups is 1. The van der Waals surface area contributed by atoms with E-state index in [2.05, 4.69) is 0 Å². The number of hydrogen-bond donors (Lipinski definition) is 1. The monoisotopic (exact) mass is 257 g/mol. The van der Waals surface area contributed by atoms with Crippen molar-refractivity contribution in [2.75, 3.05) is 0 Å². The van der Waals surface area contributed by atoms with Crippen molar-refractivity contribution >= 4 is 5.97 Å². The van der Waals surface area contributed by atoms with Gasteiger partial charge in [-0.05, 0) is 12.5 Å². The van der Waals surface area contributed by atoms with Crippen LogP contribution in [0.25, 0.3) is 0 Å². The molecule has 0 saturated heterocycles. The topological polar surface area (TPSA) is 37.3 Å². The molecule has 1 N–H and O–H groups in total. The molecule has 1 aromatic carbocycles. The van der Waals surface area contributed by atoms with Crippen molar-refractivity contribution in [3.05, 3.63) is 35.9 Å². The van der Waals surface area contributed by atoms with Gasteiger partial charge in [-0.2, -0.15) is 0 Å². The third-order valence-corrected chi connectivity index (χ3v) is 1.67. The molecule has 0 saturated carbocycles. The van der Waals surface area contributed by atoms with E-state index in [1.165, 1.54) is 0 Å². The van der Waals surface area contributed by atoms with E-state index in [1.807, 2.05) is 30.3 Å². The Morgan fingerprint density at radius 1 is 1.33 bits per heavy atom. The minimum Gasteiger partial charge on any atom is -0.481 e. The first-order valence-corrected chi connectivity index (χ1v) is 3.49. The van der Waals surface area contributed by atoms with Crippen LogP contribution in [0.15, 0.2) is 30.3 Å². The van der Waals surface area contributed by atoms with Gasteiger partial charge in [0, 0.05) is 0 Å². The van der Waals surface area contributed by atoms with Crippen molar-refractivity contribution in [2.45, 2.75) is 12.8 Å². The fraction of sp³-hybridized carbons (Fsp3) is 0.222. The number of carboxylic acids is 1. The number of carboxylic acid groups (broad SMARTS) is 1. The maximum atomic E-state index is 10.5. The Balaban J connectivity index is 0.00000121. The van der Waals surface area contributed by atoms with E-state index in [-0.39, 0.29) is 22.4 Å². The van der Waals surface area contributed by atoms with Crippen molar-refractivity contribution in [2.24, 2.45) is 0 Å². The smallest absolute Gasteiger partial charge is 0.481 e. The van der Waals surface area contributed by atoms with Crippen molar-refractivity contribution in [1.29, 1.82) is 0 Å². The zero-order valence-corrected chi connectivity index (χ0v) is 8.10. The standard InChI is InChI=1S/C9H10O2.Ag/c1-7(9(10)11)8-5-3-2-4-6-8;/h2-7H,1H3,(H,10,11);/q;+1. The van der Waals surface area contributed by atoms with E-state index >= 15 is 0 Å². The fourth-order valence-electron chi connectivity index (χ4n) is 0.884. The second kappa shape index (κ2) is 5.14. The van der Waals surface area contributed by atoms with Crippen LogP contribution < -0.4 is 0 Å². The normalized spacial score (nSPS) is 11.4. The summed E-state index contributed by atoms with van der Waals surface area (Å²) >= 11 is 0. The Bertz CT molecular complexity index is 246. The van der Waals surface area contributed by atoms with Gasteiger partial charge < -0.3 is 5.11 Å². The second-order valence-corrected chi connectivity index (χ2v) is 2.47. The molecular formula is C9H10AgO2+. The van der Waals surface area contributed by atoms with E-state index in [0.29, 0.717) is 0 Å². The van der Waals surface area contributed by atoms with Crippen LogP contribution in [-0.4, -0.2) is 11.1 Å². The van der Waals surface area contributed by atoms with Gasteiger partial charge in [-0.3, -0.25) is 4.79 Å². The first kappa shape index (κ1) is 11.4. The molecule has 3 heteroatoms. The molecule has 1 aromatic rings. The molecule has 0 spiro atoms.